The van der Waals surface area contributed by atoms with Crippen LogP contribution in [0.15, 0.2) is 57.2 Å². The number of hydrogen-bond acceptors (Lipinski definition) is 7. The topological polar surface area (TPSA) is 90.6 Å². The molecule has 1 heterocycles. The Labute approximate surface area is 199 Å². The fraction of sp³-hybridized carbons (Fsp3) is 0.273. The summed E-state index contributed by atoms with van der Waals surface area (Å²) in [5, 5.41) is 13.1. The van der Waals surface area contributed by atoms with Crippen LogP contribution < -0.4 is 14.9 Å². The SMILES string of the molecule is COc1cc(/C=N/NC(=O)CSc2nnc(-c3ccc(Br)cc3)n2C)ccc1OC(C)C. The van der Waals surface area contributed by atoms with Gasteiger partial charge in [-0.2, -0.15) is 5.10 Å². The molecule has 0 radical (unpaired) electrons. The van der Waals surface area contributed by atoms with Gasteiger partial charge in [0.2, 0.25) is 0 Å². The first-order chi connectivity index (χ1) is 15.4. The van der Waals surface area contributed by atoms with Gasteiger partial charge in [-0.15, -0.1) is 10.2 Å². The number of carbonyl (C=O) groups excluding carboxylic acids is 1. The number of nitrogens with zero attached hydrogens (tertiary/aromatic N) is 4. The van der Waals surface area contributed by atoms with E-state index >= 15 is 0 Å². The van der Waals surface area contributed by atoms with Crippen molar-refractivity contribution < 1.29 is 14.3 Å². The largest absolute Gasteiger partial charge is 0.493 e. The van der Waals surface area contributed by atoms with E-state index in [-0.39, 0.29) is 17.8 Å². The van der Waals surface area contributed by atoms with E-state index in [0.29, 0.717) is 16.7 Å². The van der Waals surface area contributed by atoms with Gasteiger partial charge in [0.1, 0.15) is 0 Å². The fourth-order valence-electron chi connectivity index (χ4n) is 2.75. The molecule has 3 rings (SSSR count). The molecule has 10 heteroatoms. The zero-order valence-electron chi connectivity index (χ0n) is 18.2. The molecule has 0 aliphatic heterocycles. The van der Waals surface area contributed by atoms with E-state index in [1.54, 1.807) is 19.4 Å². The summed E-state index contributed by atoms with van der Waals surface area (Å²) >= 11 is 4.71. The van der Waals surface area contributed by atoms with Gasteiger partial charge >= 0.3 is 0 Å². The van der Waals surface area contributed by atoms with Crippen LogP contribution in [0.2, 0.25) is 0 Å². The van der Waals surface area contributed by atoms with Crippen molar-refractivity contribution in [2.45, 2.75) is 25.1 Å². The molecule has 0 spiro atoms. The standard InChI is InChI=1S/C22H24BrN5O3S/c1-14(2)31-18-10-5-15(11-19(18)30-4)12-24-25-20(29)13-32-22-27-26-21(28(22)3)16-6-8-17(23)9-7-16/h5-12,14H,13H2,1-4H3,(H,25,29)/b24-12+. The smallest absolute Gasteiger partial charge is 0.250 e. The van der Waals surface area contributed by atoms with Crippen LogP contribution >= 0.6 is 27.7 Å². The zero-order chi connectivity index (χ0) is 23.1. The third kappa shape index (κ3) is 6.33. The number of nitrogens with one attached hydrogen (secondary N) is 1. The zero-order valence-corrected chi connectivity index (χ0v) is 20.6. The summed E-state index contributed by atoms with van der Waals surface area (Å²) in [7, 11) is 3.45. The first-order valence-corrected chi connectivity index (χ1v) is 11.6. The van der Waals surface area contributed by atoms with Crippen molar-refractivity contribution in [2.75, 3.05) is 12.9 Å². The number of thioether (sulfide) groups is 1. The van der Waals surface area contributed by atoms with Gasteiger partial charge in [-0.3, -0.25) is 4.79 Å². The van der Waals surface area contributed by atoms with E-state index in [1.807, 2.05) is 61.9 Å². The number of hydrogen-bond donors (Lipinski definition) is 1. The lowest BCUT2D eigenvalue weighted by molar-refractivity contribution is -0.118. The van der Waals surface area contributed by atoms with Gasteiger partial charge in [0.25, 0.3) is 5.91 Å². The fourth-order valence-corrected chi connectivity index (χ4v) is 3.72. The molecule has 0 saturated carbocycles. The number of benzene rings is 2. The Hall–Kier alpha value is -2.85. The van der Waals surface area contributed by atoms with Crippen molar-refractivity contribution in [3.05, 3.63) is 52.5 Å². The maximum absolute atomic E-state index is 12.2. The van der Waals surface area contributed by atoms with Crippen molar-refractivity contribution in [3.8, 4) is 22.9 Å². The Morgan fingerprint density at radius 2 is 1.97 bits per heavy atom. The molecule has 3 aromatic rings. The number of hydrazone groups is 1. The first-order valence-electron chi connectivity index (χ1n) is 9.82. The molecule has 0 saturated heterocycles. The van der Waals surface area contributed by atoms with Gasteiger partial charge in [-0.05, 0) is 49.7 Å². The van der Waals surface area contributed by atoms with Crippen molar-refractivity contribution in [1.82, 2.24) is 20.2 Å². The van der Waals surface area contributed by atoms with Crippen LogP contribution in [0.1, 0.15) is 19.4 Å². The second kappa shape index (κ2) is 11.1. The second-order valence-corrected chi connectivity index (χ2v) is 8.89. The molecule has 0 bridgehead atoms. The second-order valence-electron chi connectivity index (χ2n) is 7.03. The Morgan fingerprint density at radius 3 is 2.66 bits per heavy atom. The highest BCUT2D eigenvalue weighted by Gasteiger charge is 2.13. The lowest BCUT2D eigenvalue weighted by Crippen LogP contribution is -2.19. The third-order valence-corrected chi connectivity index (χ3v) is 5.77. The van der Waals surface area contributed by atoms with Crippen LogP contribution in [0.25, 0.3) is 11.4 Å². The van der Waals surface area contributed by atoms with E-state index in [2.05, 4.69) is 36.7 Å². The number of ether oxygens (including phenoxy) is 2. The summed E-state index contributed by atoms with van der Waals surface area (Å²) in [6.07, 6.45) is 1.60. The van der Waals surface area contributed by atoms with Crippen LogP contribution in [-0.4, -0.2) is 45.9 Å². The number of aromatic nitrogens is 3. The van der Waals surface area contributed by atoms with Crippen molar-refractivity contribution in [3.63, 3.8) is 0 Å². The van der Waals surface area contributed by atoms with Crippen molar-refractivity contribution in [1.29, 1.82) is 0 Å². The highest BCUT2D eigenvalue weighted by atomic mass is 79.9. The minimum atomic E-state index is -0.244. The van der Waals surface area contributed by atoms with Gasteiger partial charge in [0, 0.05) is 17.1 Å². The monoisotopic (exact) mass is 517 g/mol. The average molecular weight is 518 g/mol. The highest BCUT2D eigenvalue weighted by Crippen LogP contribution is 2.28. The van der Waals surface area contributed by atoms with E-state index in [9.17, 15) is 4.79 Å². The molecule has 1 amide bonds. The lowest BCUT2D eigenvalue weighted by Gasteiger charge is -2.13. The van der Waals surface area contributed by atoms with Crippen LogP contribution in [0.3, 0.4) is 0 Å². The molecule has 0 aliphatic carbocycles. The van der Waals surface area contributed by atoms with E-state index in [1.165, 1.54) is 11.8 Å². The van der Waals surface area contributed by atoms with Gasteiger partial charge in [0.15, 0.2) is 22.5 Å². The number of methoxy groups -OCH3 is 1. The van der Waals surface area contributed by atoms with E-state index < -0.39 is 0 Å². The molecule has 0 atom stereocenters. The minimum absolute atomic E-state index is 0.0417. The molecule has 2 aromatic carbocycles. The van der Waals surface area contributed by atoms with Gasteiger partial charge < -0.3 is 14.0 Å². The van der Waals surface area contributed by atoms with Crippen molar-refractivity contribution in [2.24, 2.45) is 12.1 Å². The summed E-state index contributed by atoms with van der Waals surface area (Å²) in [6.45, 7) is 3.90. The summed E-state index contributed by atoms with van der Waals surface area (Å²) < 4.78 is 13.9. The van der Waals surface area contributed by atoms with E-state index in [4.69, 9.17) is 9.47 Å². The molecule has 1 aromatic heterocycles. The first kappa shape index (κ1) is 23.8. The molecule has 0 fully saturated rings. The van der Waals surface area contributed by atoms with Crippen LogP contribution in [0.5, 0.6) is 11.5 Å². The third-order valence-electron chi connectivity index (χ3n) is 4.22. The minimum Gasteiger partial charge on any atom is -0.493 e. The summed E-state index contributed by atoms with van der Waals surface area (Å²) in [5.41, 5.74) is 4.25. The number of rotatable bonds is 9. The molecule has 8 nitrogen and oxygen atoms in total. The normalized spacial score (nSPS) is 11.2. The predicted molar refractivity (Wildman–Crippen MR) is 129 cm³/mol. The number of carbonyl (C=O) groups is 1. The number of amides is 1. The quantitative estimate of drug-likeness (QED) is 0.258. The summed E-state index contributed by atoms with van der Waals surface area (Å²) in [6, 6.07) is 13.3. The van der Waals surface area contributed by atoms with Gasteiger partial charge in [-0.25, -0.2) is 5.43 Å². The van der Waals surface area contributed by atoms with Crippen LogP contribution in [0.4, 0.5) is 0 Å². The maximum atomic E-state index is 12.2. The van der Waals surface area contributed by atoms with Crippen molar-refractivity contribution >= 4 is 39.8 Å². The highest BCUT2D eigenvalue weighted by molar-refractivity contribution is 9.10. The van der Waals surface area contributed by atoms with E-state index in [0.717, 1.165) is 21.4 Å². The Bertz CT molecular complexity index is 1100. The molecule has 0 unspecified atom stereocenters. The maximum Gasteiger partial charge on any atom is 0.250 e. The molecule has 0 aliphatic rings. The number of halogens is 1. The molecule has 32 heavy (non-hydrogen) atoms. The molecular formula is C22H24BrN5O3S. The Kier molecular flexibility index (Phi) is 8.29. The predicted octanol–water partition coefficient (Wildman–Crippen LogP) is 4.28. The average Bonchev–Trinajstić information content (AvgIpc) is 3.13. The van der Waals surface area contributed by atoms with Crippen LogP contribution in [-0.2, 0) is 11.8 Å². The summed E-state index contributed by atoms with van der Waals surface area (Å²) in [5.74, 6) is 1.91. The van der Waals surface area contributed by atoms with Crippen LogP contribution in [0, 0.1) is 0 Å². The molecule has 1 N–H and O–H groups in total. The lowest BCUT2D eigenvalue weighted by atomic mass is 10.2. The Balaban J connectivity index is 1.54. The summed E-state index contributed by atoms with van der Waals surface area (Å²) in [4.78, 5) is 12.2. The molecular weight excluding hydrogens is 494 g/mol. The van der Waals surface area contributed by atoms with Gasteiger partial charge in [-0.1, -0.05) is 39.8 Å². The van der Waals surface area contributed by atoms with Gasteiger partial charge in [0.05, 0.1) is 25.2 Å². The molecule has 168 valence electrons. The Morgan fingerprint density at radius 1 is 1.22 bits per heavy atom.